The van der Waals surface area contributed by atoms with Crippen LogP contribution in [0.4, 0.5) is 14.2 Å². The van der Waals surface area contributed by atoms with Crippen molar-refractivity contribution in [2.75, 3.05) is 11.9 Å². The third-order valence-corrected chi connectivity index (χ3v) is 3.59. The van der Waals surface area contributed by atoms with Crippen LogP contribution < -0.4 is 10.6 Å². The molecule has 0 aliphatic heterocycles. The van der Waals surface area contributed by atoms with Crippen LogP contribution in [0.3, 0.4) is 0 Å². The Balaban J connectivity index is 1.84. The lowest BCUT2D eigenvalue weighted by Gasteiger charge is -2.07. The number of carboxylic acid groups (broad SMARTS) is 1. The molecule has 2 rings (SSSR count). The fourth-order valence-electron chi connectivity index (χ4n) is 1.73. The van der Waals surface area contributed by atoms with E-state index in [0.717, 1.165) is 11.3 Å². The fraction of sp³-hybridized carbons (Fsp3) is 0.143. The quantitative estimate of drug-likeness (QED) is 0.794. The average molecular weight is 308 g/mol. The summed E-state index contributed by atoms with van der Waals surface area (Å²) >= 11 is 1.13. The molecule has 0 saturated heterocycles. The summed E-state index contributed by atoms with van der Waals surface area (Å²) in [5.41, 5.74) is 0.560. The van der Waals surface area contributed by atoms with Gasteiger partial charge in [-0.15, -0.1) is 11.3 Å². The molecular weight excluding hydrogens is 295 g/mol. The molecule has 110 valence electrons. The lowest BCUT2D eigenvalue weighted by Crippen LogP contribution is -2.30. The van der Waals surface area contributed by atoms with Crippen LogP contribution >= 0.6 is 11.3 Å². The zero-order chi connectivity index (χ0) is 15.2. The Morgan fingerprint density at radius 3 is 2.71 bits per heavy atom. The Hall–Kier alpha value is -2.41. The molecule has 0 fully saturated rings. The highest BCUT2D eigenvalue weighted by molar-refractivity contribution is 7.14. The van der Waals surface area contributed by atoms with E-state index in [1.807, 2.05) is 0 Å². The largest absolute Gasteiger partial charge is 0.478 e. The Bertz CT molecular complexity index is 657. The molecule has 5 nitrogen and oxygen atoms in total. The van der Waals surface area contributed by atoms with Crippen molar-refractivity contribution in [3.05, 3.63) is 52.7 Å². The molecule has 0 unspecified atom stereocenters. The number of carbonyl (C=O) groups excluding carboxylic acids is 1. The molecule has 0 aliphatic carbocycles. The monoisotopic (exact) mass is 308 g/mol. The zero-order valence-electron chi connectivity index (χ0n) is 10.9. The maximum Gasteiger partial charge on any atom is 0.338 e. The van der Waals surface area contributed by atoms with E-state index in [4.69, 9.17) is 5.11 Å². The van der Waals surface area contributed by atoms with E-state index < -0.39 is 12.0 Å². The molecular formula is C14H13FN2O3S. The molecule has 2 aromatic rings. The predicted octanol–water partition coefficient (Wildman–Crippen LogP) is 2.95. The first kappa shape index (κ1) is 15.0. The van der Waals surface area contributed by atoms with Crippen LogP contribution in [0.5, 0.6) is 0 Å². The normalized spacial score (nSPS) is 10.1. The minimum absolute atomic E-state index is 0.0456. The van der Waals surface area contributed by atoms with E-state index in [1.54, 1.807) is 23.6 Å². The molecule has 0 atom stereocenters. The van der Waals surface area contributed by atoms with Crippen molar-refractivity contribution in [1.82, 2.24) is 5.32 Å². The Morgan fingerprint density at radius 2 is 2.00 bits per heavy atom. The number of anilines is 1. The first-order valence-electron chi connectivity index (χ1n) is 6.17. The maximum atomic E-state index is 13.4. The fourth-order valence-corrected chi connectivity index (χ4v) is 2.51. The van der Waals surface area contributed by atoms with Gasteiger partial charge in [-0.3, -0.25) is 5.32 Å². The second-order valence-corrected chi connectivity index (χ2v) is 5.11. The summed E-state index contributed by atoms with van der Waals surface area (Å²) < 4.78 is 13.4. The number of halogens is 1. The van der Waals surface area contributed by atoms with Gasteiger partial charge in [0.15, 0.2) is 0 Å². The number of thiophene rings is 1. The molecule has 1 heterocycles. The third-order valence-electron chi connectivity index (χ3n) is 2.76. The Labute approximate surface area is 124 Å². The van der Waals surface area contributed by atoms with Gasteiger partial charge >= 0.3 is 12.0 Å². The number of amides is 2. The molecule has 0 saturated carbocycles. The highest BCUT2D eigenvalue weighted by Crippen LogP contribution is 2.22. The van der Waals surface area contributed by atoms with Crippen molar-refractivity contribution in [1.29, 1.82) is 0 Å². The lowest BCUT2D eigenvalue weighted by molar-refractivity contribution is 0.0698. The lowest BCUT2D eigenvalue weighted by atomic mass is 10.1. The predicted molar refractivity (Wildman–Crippen MR) is 78.4 cm³/mol. The number of benzene rings is 1. The van der Waals surface area contributed by atoms with Crippen molar-refractivity contribution >= 4 is 28.3 Å². The van der Waals surface area contributed by atoms with Crippen LogP contribution in [0.15, 0.2) is 35.7 Å². The van der Waals surface area contributed by atoms with Gasteiger partial charge in [0.05, 0.1) is 5.56 Å². The first-order chi connectivity index (χ1) is 10.1. The first-order valence-corrected chi connectivity index (χ1v) is 7.05. The molecule has 2 amide bonds. The van der Waals surface area contributed by atoms with Crippen LogP contribution in [-0.2, 0) is 6.42 Å². The van der Waals surface area contributed by atoms with Crippen LogP contribution in [-0.4, -0.2) is 23.7 Å². The Morgan fingerprint density at radius 1 is 1.24 bits per heavy atom. The van der Waals surface area contributed by atoms with Gasteiger partial charge < -0.3 is 10.4 Å². The topological polar surface area (TPSA) is 78.4 Å². The summed E-state index contributed by atoms with van der Waals surface area (Å²) in [6.45, 7) is 0.251. The molecule has 3 N–H and O–H groups in total. The van der Waals surface area contributed by atoms with Gasteiger partial charge in [0.2, 0.25) is 0 Å². The summed E-state index contributed by atoms with van der Waals surface area (Å²) in [4.78, 5) is 22.6. The minimum atomic E-state index is -1.10. The highest BCUT2D eigenvalue weighted by Gasteiger charge is 2.13. The third kappa shape index (κ3) is 4.03. The molecule has 21 heavy (non-hydrogen) atoms. The van der Waals surface area contributed by atoms with Gasteiger partial charge in [-0.05, 0) is 29.5 Å². The molecule has 0 radical (unpaired) electrons. The van der Waals surface area contributed by atoms with E-state index in [2.05, 4.69) is 10.6 Å². The number of nitrogens with one attached hydrogen (secondary N) is 2. The molecule has 0 bridgehead atoms. The van der Waals surface area contributed by atoms with Crippen molar-refractivity contribution < 1.29 is 19.1 Å². The minimum Gasteiger partial charge on any atom is -0.478 e. The number of hydrogen-bond acceptors (Lipinski definition) is 3. The second kappa shape index (κ2) is 6.85. The van der Waals surface area contributed by atoms with Gasteiger partial charge in [-0.1, -0.05) is 18.2 Å². The SMILES string of the molecule is O=C(NCCc1ccccc1F)Nc1sccc1C(=O)O. The molecule has 7 heteroatoms. The standard InChI is InChI=1S/C14H13FN2O3S/c15-11-4-2-1-3-9(11)5-7-16-14(20)17-12-10(13(18)19)6-8-21-12/h1-4,6,8H,5,7H2,(H,18,19)(H2,16,17,20). The second-order valence-electron chi connectivity index (χ2n) is 4.19. The van der Waals surface area contributed by atoms with Gasteiger partial charge in [-0.2, -0.15) is 0 Å². The summed E-state index contributed by atoms with van der Waals surface area (Å²) in [5.74, 6) is -1.41. The van der Waals surface area contributed by atoms with Gasteiger partial charge in [0.1, 0.15) is 10.8 Å². The number of carbonyl (C=O) groups is 2. The summed E-state index contributed by atoms with van der Waals surface area (Å²) in [6, 6.07) is 7.24. The number of hydrogen-bond donors (Lipinski definition) is 3. The van der Waals surface area contributed by atoms with E-state index in [9.17, 15) is 14.0 Å². The van der Waals surface area contributed by atoms with E-state index in [1.165, 1.54) is 12.1 Å². The number of aromatic carboxylic acids is 1. The van der Waals surface area contributed by atoms with Crippen LogP contribution in [0.2, 0.25) is 0 Å². The van der Waals surface area contributed by atoms with Crippen LogP contribution in [0.1, 0.15) is 15.9 Å². The summed E-state index contributed by atoms with van der Waals surface area (Å²) in [5, 5.41) is 15.8. The van der Waals surface area contributed by atoms with E-state index >= 15 is 0 Å². The van der Waals surface area contributed by atoms with Gasteiger partial charge in [0.25, 0.3) is 0 Å². The van der Waals surface area contributed by atoms with Crippen LogP contribution in [0.25, 0.3) is 0 Å². The van der Waals surface area contributed by atoms with Crippen molar-refractivity contribution in [3.63, 3.8) is 0 Å². The molecule has 1 aromatic heterocycles. The Kier molecular flexibility index (Phi) is 4.89. The molecule has 0 aliphatic rings. The van der Waals surface area contributed by atoms with E-state index in [0.29, 0.717) is 12.0 Å². The van der Waals surface area contributed by atoms with Crippen molar-refractivity contribution in [2.24, 2.45) is 0 Å². The highest BCUT2D eigenvalue weighted by atomic mass is 32.1. The van der Waals surface area contributed by atoms with Gasteiger partial charge in [-0.25, -0.2) is 14.0 Å². The van der Waals surface area contributed by atoms with Crippen molar-refractivity contribution in [3.8, 4) is 0 Å². The summed E-state index contributed by atoms with van der Waals surface area (Å²) in [7, 11) is 0. The molecule has 0 spiro atoms. The smallest absolute Gasteiger partial charge is 0.338 e. The number of urea groups is 1. The zero-order valence-corrected chi connectivity index (χ0v) is 11.7. The number of carboxylic acids is 1. The van der Waals surface area contributed by atoms with E-state index in [-0.39, 0.29) is 22.9 Å². The maximum absolute atomic E-state index is 13.4. The average Bonchev–Trinajstić information content (AvgIpc) is 2.89. The van der Waals surface area contributed by atoms with Crippen molar-refractivity contribution in [2.45, 2.75) is 6.42 Å². The summed E-state index contributed by atoms with van der Waals surface area (Å²) in [6.07, 6.45) is 0.357. The number of rotatable bonds is 5. The molecule has 1 aromatic carbocycles. The van der Waals surface area contributed by atoms with Crippen LogP contribution in [0, 0.1) is 5.82 Å². The van der Waals surface area contributed by atoms with Gasteiger partial charge in [0, 0.05) is 6.54 Å².